The van der Waals surface area contributed by atoms with E-state index >= 15 is 0 Å². The molecule has 20 heavy (non-hydrogen) atoms. The summed E-state index contributed by atoms with van der Waals surface area (Å²) in [5.41, 5.74) is 3.19. The summed E-state index contributed by atoms with van der Waals surface area (Å²) in [5.74, 6) is 0.865. The molecule has 1 aromatic carbocycles. The summed E-state index contributed by atoms with van der Waals surface area (Å²) in [6, 6.07) is 9.50. The van der Waals surface area contributed by atoms with Crippen LogP contribution < -0.4 is 4.74 Å². The topological polar surface area (TPSA) is 55.2 Å². The van der Waals surface area contributed by atoms with Crippen LogP contribution in [0.3, 0.4) is 0 Å². The third-order valence-corrected chi connectivity index (χ3v) is 3.46. The van der Waals surface area contributed by atoms with E-state index in [0.29, 0.717) is 6.10 Å². The fourth-order valence-corrected chi connectivity index (χ4v) is 2.13. The van der Waals surface area contributed by atoms with Gasteiger partial charge >= 0.3 is 0 Å². The van der Waals surface area contributed by atoms with Gasteiger partial charge in [-0.25, -0.2) is 0 Å². The lowest BCUT2D eigenvalue weighted by atomic mass is 10.0. The first kappa shape index (κ1) is 13.1. The molecule has 1 unspecified atom stereocenters. The highest BCUT2D eigenvalue weighted by Gasteiger charge is 2.23. The third kappa shape index (κ3) is 2.80. The molecule has 1 atom stereocenters. The number of aryl methyl sites for hydroxylation is 2. The molecule has 1 N–H and O–H groups in total. The van der Waals surface area contributed by atoms with Crippen LogP contribution in [0, 0.1) is 13.8 Å². The summed E-state index contributed by atoms with van der Waals surface area (Å²) in [6.45, 7) is 3.73. The van der Waals surface area contributed by atoms with Crippen molar-refractivity contribution < 1.29 is 9.84 Å². The molecule has 1 aliphatic rings. The molecule has 0 bridgehead atoms. The lowest BCUT2D eigenvalue weighted by molar-refractivity contribution is 0.218. The summed E-state index contributed by atoms with van der Waals surface area (Å²) >= 11 is 0. The van der Waals surface area contributed by atoms with Crippen LogP contribution in [0.2, 0.25) is 0 Å². The van der Waals surface area contributed by atoms with Crippen LogP contribution in [0.4, 0.5) is 0 Å². The number of aliphatic hydroxyl groups is 1. The molecule has 1 saturated carbocycles. The van der Waals surface area contributed by atoms with Crippen molar-refractivity contribution >= 4 is 0 Å². The van der Waals surface area contributed by atoms with Crippen LogP contribution in [0.15, 0.2) is 30.3 Å². The first-order chi connectivity index (χ1) is 9.63. The Hall–Kier alpha value is -1.94. The summed E-state index contributed by atoms with van der Waals surface area (Å²) in [7, 11) is 0. The van der Waals surface area contributed by atoms with Gasteiger partial charge in [-0.3, -0.25) is 0 Å². The smallest absolute Gasteiger partial charge is 0.119 e. The molecule has 1 heterocycles. The normalized spacial score (nSPS) is 15.9. The number of hydrogen-bond acceptors (Lipinski definition) is 4. The summed E-state index contributed by atoms with van der Waals surface area (Å²) in [6.07, 6.45) is 2.00. The molecule has 0 amide bonds. The Labute approximate surface area is 118 Å². The average Bonchev–Trinajstić information content (AvgIpc) is 3.26. The number of aromatic nitrogens is 2. The van der Waals surface area contributed by atoms with E-state index in [9.17, 15) is 5.11 Å². The van der Waals surface area contributed by atoms with Crippen LogP contribution in [-0.4, -0.2) is 21.4 Å². The minimum atomic E-state index is -0.681. The van der Waals surface area contributed by atoms with E-state index in [-0.39, 0.29) is 0 Å². The average molecular weight is 270 g/mol. The minimum absolute atomic E-state index is 0.389. The van der Waals surface area contributed by atoms with Crippen molar-refractivity contribution in [2.75, 3.05) is 0 Å². The third-order valence-electron chi connectivity index (χ3n) is 3.46. The number of hydrogen-bond donors (Lipinski definition) is 1. The number of benzene rings is 1. The summed E-state index contributed by atoms with van der Waals surface area (Å²) in [5, 5.41) is 18.5. The van der Waals surface area contributed by atoms with Gasteiger partial charge in [-0.2, -0.15) is 10.2 Å². The first-order valence-electron chi connectivity index (χ1n) is 6.89. The van der Waals surface area contributed by atoms with E-state index < -0.39 is 6.10 Å². The molecule has 1 fully saturated rings. The highest BCUT2D eigenvalue weighted by molar-refractivity contribution is 5.35. The van der Waals surface area contributed by atoms with Gasteiger partial charge in [0.1, 0.15) is 11.9 Å². The van der Waals surface area contributed by atoms with Gasteiger partial charge in [0.15, 0.2) is 0 Å². The lowest BCUT2D eigenvalue weighted by Crippen LogP contribution is -2.06. The van der Waals surface area contributed by atoms with E-state index in [1.807, 2.05) is 44.2 Å². The standard InChI is InChI=1S/C16H18N2O2/c1-10-9-15(11(2)18-17-10)16(19)12-3-5-13(6-4-12)20-14-7-8-14/h3-6,9,14,16,19H,7-8H2,1-2H3. The van der Waals surface area contributed by atoms with E-state index in [2.05, 4.69) is 10.2 Å². The second kappa shape index (κ2) is 5.21. The van der Waals surface area contributed by atoms with Gasteiger partial charge in [0, 0.05) is 5.56 Å². The predicted molar refractivity (Wildman–Crippen MR) is 75.7 cm³/mol. The number of aliphatic hydroxyl groups excluding tert-OH is 1. The van der Waals surface area contributed by atoms with E-state index in [1.54, 1.807) is 0 Å². The number of rotatable bonds is 4. The van der Waals surface area contributed by atoms with Gasteiger partial charge in [-0.1, -0.05) is 12.1 Å². The number of ether oxygens (including phenoxy) is 1. The van der Waals surface area contributed by atoms with Crippen molar-refractivity contribution in [1.29, 1.82) is 0 Å². The van der Waals surface area contributed by atoms with Gasteiger partial charge in [-0.15, -0.1) is 0 Å². The zero-order valence-electron chi connectivity index (χ0n) is 11.7. The molecule has 104 valence electrons. The second-order valence-corrected chi connectivity index (χ2v) is 5.32. The number of nitrogens with zero attached hydrogens (tertiary/aromatic N) is 2. The maximum absolute atomic E-state index is 10.5. The van der Waals surface area contributed by atoms with Crippen molar-refractivity contribution in [3.05, 3.63) is 52.8 Å². The Bertz CT molecular complexity index is 606. The van der Waals surface area contributed by atoms with Crippen molar-refractivity contribution in [3.8, 4) is 5.75 Å². The van der Waals surface area contributed by atoms with E-state index in [1.165, 1.54) is 0 Å². The van der Waals surface area contributed by atoms with Crippen molar-refractivity contribution in [1.82, 2.24) is 10.2 Å². The molecular formula is C16H18N2O2. The SMILES string of the molecule is Cc1cc(C(O)c2ccc(OC3CC3)cc2)c(C)nn1. The fraction of sp³-hybridized carbons (Fsp3) is 0.375. The van der Waals surface area contributed by atoms with E-state index in [4.69, 9.17) is 4.74 Å². The molecule has 1 aliphatic carbocycles. The summed E-state index contributed by atoms with van der Waals surface area (Å²) < 4.78 is 5.70. The monoisotopic (exact) mass is 270 g/mol. The lowest BCUT2D eigenvalue weighted by Gasteiger charge is -2.14. The molecule has 0 aliphatic heterocycles. The van der Waals surface area contributed by atoms with Crippen LogP contribution in [0.5, 0.6) is 5.75 Å². The highest BCUT2D eigenvalue weighted by atomic mass is 16.5. The maximum Gasteiger partial charge on any atom is 0.119 e. The Balaban J connectivity index is 1.81. The maximum atomic E-state index is 10.5. The fourth-order valence-electron chi connectivity index (χ4n) is 2.13. The Morgan fingerprint density at radius 3 is 2.50 bits per heavy atom. The van der Waals surface area contributed by atoms with E-state index in [0.717, 1.165) is 41.1 Å². The van der Waals surface area contributed by atoms with Crippen LogP contribution >= 0.6 is 0 Å². The van der Waals surface area contributed by atoms with Gasteiger partial charge in [0.25, 0.3) is 0 Å². The van der Waals surface area contributed by atoms with Gasteiger partial charge in [0.05, 0.1) is 17.5 Å². The van der Waals surface area contributed by atoms with Crippen molar-refractivity contribution in [3.63, 3.8) is 0 Å². The highest BCUT2D eigenvalue weighted by Crippen LogP contribution is 2.29. The second-order valence-electron chi connectivity index (χ2n) is 5.32. The molecule has 0 saturated heterocycles. The van der Waals surface area contributed by atoms with Crippen molar-refractivity contribution in [2.45, 2.75) is 38.9 Å². The van der Waals surface area contributed by atoms with Crippen LogP contribution in [0.25, 0.3) is 0 Å². The predicted octanol–water partition coefficient (Wildman–Crippen LogP) is 2.72. The molecule has 0 radical (unpaired) electrons. The molecule has 1 aromatic heterocycles. The molecular weight excluding hydrogens is 252 g/mol. The zero-order valence-corrected chi connectivity index (χ0v) is 11.7. The van der Waals surface area contributed by atoms with Crippen LogP contribution in [0.1, 0.15) is 41.5 Å². The Morgan fingerprint density at radius 2 is 1.85 bits per heavy atom. The molecule has 0 spiro atoms. The zero-order chi connectivity index (χ0) is 14.1. The Morgan fingerprint density at radius 1 is 1.15 bits per heavy atom. The van der Waals surface area contributed by atoms with Gasteiger partial charge in [-0.05, 0) is 50.5 Å². The van der Waals surface area contributed by atoms with Crippen LogP contribution in [-0.2, 0) is 0 Å². The summed E-state index contributed by atoms with van der Waals surface area (Å²) in [4.78, 5) is 0. The first-order valence-corrected chi connectivity index (χ1v) is 6.89. The molecule has 3 rings (SSSR count). The molecule has 2 aromatic rings. The quantitative estimate of drug-likeness (QED) is 0.928. The van der Waals surface area contributed by atoms with Gasteiger partial charge < -0.3 is 9.84 Å². The minimum Gasteiger partial charge on any atom is -0.490 e. The Kier molecular flexibility index (Phi) is 3.40. The van der Waals surface area contributed by atoms with Crippen molar-refractivity contribution in [2.24, 2.45) is 0 Å². The molecule has 4 heteroatoms. The molecule has 4 nitrogen and oxygen atoms in total. The van der Waals surface area contributed by atoms with Gasteiger partial charge in [0.2, 0.25) is 0 Å². The largest absolute Gasteiger partial charge is 0.490 e.